The van der Waals surface area contributed by atoms with Crippen LogP contribution in [-0.4, -0.2) is 25.8 Å². The number of benzene rings is 1. The van der Waals surface area contributed by atoms with Gasteiger partial charge in [-0.1, -0.05) is 37.1 Å². The predicted molar refractivity (Wildman–Crippen MR) is 78.3 cm³/mol. The number of hydrogen-bond acceptors (Lipinski definition) is 2. The Hall–Kier alpha value is -0.570. The van der Waals surface area contributed by atoms with Gasteiger partial charge in [0.05, 0.1) is 6.10 Å². The van der Waals surface area contributed by atoms with Crippen LogP contribution in [0, 0.1) is 0 Å². The lowest BCUT2D eigenvalue weighted by molar-refractivity contribution is 0.0301. The van der Waals surface area contributed by atoms with E-state index in [-0.39, 0.29) is 6.10 Å². The number of halogens is 1. The second-order valence-electron chi connectivity index (χ2n) is 4.51. The van der Waals surface area contributed by atoms with Crippen LogP contribution in [0.25, 0.3) is 0 Å². The smallest absolute Gasteiger partial charge is 0.0730 e. The number of nitrogens with one attached hydrogen (secondary N) is 1. The highest BCUT2D eigenvalue weighted by Gasteiger charge is 2.19. The Morgan fingerprint density at radius 2 is 1.89 bits per heavy atom. The lowest BCUT2D eigenvalue weighted by Gasteiger charge is -2.26. The molecule has 0 spiro atoms. The van der Waals surface area contributed by atoms with Gasteiger partial charge in [0.2, 0.25) is 0 Å². The molecule has 3 heteroatoms. The Morgan fingerprint density at radius 1 is 1.22 bits per heavy atom. The van der Waals surface area contributed by atoms with Crippen molar-refractivity contribution in [3.8, 4) is 0 Å². The zero-order valence-corrected chi connectivity index (χ0v) is 12.3. The van der Waals surface area contributed by atoms with Crippen molar-refractivity contribution in [2.45, 2.75) is 45.3 Å². The molecule has 1 rings (SSSR count). The molecule has 0 amide bonds. The molecule has 2 unspecified atom stereocenters. The number of ether oxygens (including phenoxy) is 1. The Kier molecular flexibility index (Phi) is 7.33. The standard InChI is InChI=1S/C15H24ClNO/c1-4-6-15(18-5-2)14(17-3)11-12-7-9-13(16)10-8-12/h7-10,14-15,17H,4-6,11H2,1-3H3. The zero-order chi connectivity index (χ0) is 13.4. The molecule has 1 aromatic carbocycles. The van der Waals surface area contributed by atoms with E-state index in [2.05, 4.69) is 31.3 Å². The summed E-state index contributed by atoms with van der Waals surface area (Å²) < 4.78 is 5.84. The van der Waals surface area contributed by atoms with Gasteiger partial charge in [-0.3, -0.25) is 0 Å². The Bertz CT molecular complexity index is 320. The van der Waals surface area contributed by atoms with Crippen molar-refractivity contribution in [1.29, 1.82) is 0 Å². The van der Waals surface area contributed by atoms with Crippen LogP contribution in [0.1, 0.15) is 32.3 Å². The van der Waals surface area contributed by atoms with E-state index < -0.39 is 0 Å². The average molecular weight is 270 g/mol. The van der Waals surface area contributed by atoms with Crippen LogP contribution in [0.15, 0.2) is 24.3 Å². The molecule has 0 heterocycles. The van der Waals surface area contributed by atoms with Gasteiger partial charge in [0.1, 0.15) is 0 Å². The van der Waals surface area contributed by atoms with E-state index in [1.165, 1.54) is 5.56 Å². The molecule has 0 aliphatic carbocycles. The van der Waals surface area contributed by atoms with Crippen LogP contribution >= 0.6 is 11.6 Å². The summed E-state index contributed by atoms with van der Waals surface area (Å²) in [7, 11) is 2.00. The third-order valence-electron chi connectivity index (χ3n) is 3.14. The molecule has 102 valence electrons. The van der Waals surface area contributed by atoms with Crippen molar-refractivity contribution in [1.82, 2.24) is 5.32 Å². The van der Waals surface area contributed by atoms with E-state index in [0.29, 0.717) is 6.04 Å². The maximum Gasteiger partial charge on any atom is 0.0730 e. The molecule has 0 radical (unpaired) electrons. The first-order valence-electron chi connectivity index (χ1n) is 6.74. The third kappa shape index (κ3) is 4.97. The average Bonchev–Trinajstić information content (AvgIpc) is 2.38. The molecule has 0 aromatic heterocycles. The molecule has 0 aliphatic heterocycles. The van der Waals surface area contributed by atoms with Crippen LogP contribution in [-0.2, 0) is 11.2 Å². The van der Waals surface area contributed by atoms with E-state index in [4.69, 9.17) is 16.3 Å². The number of likely N-dealkylation sites (N-methyl/N-ethyl adjacent to an activating group) is 1. The maximum absolute atomic E-state index is 5.90. The van der Waals surface area contributed by atoms with Gasteiger partial charge in [-0.2, -0.15) is 0 Å². The summed E-state index contributed by atoms with van der Waals surface area (Å²) in [5, 5.41) is 4.16. The highest BCUT2D eigenvalue weighted by atomic mass is 35.5. The van der Waals surface area contributed by atoms with Gasteiger partial charge in [-0.15, -0.1) is 0 Å². The van der Waals surface area contributed by atoms with E-state index in [1.54, 1.807) is 0 Å². The first-order valence-corrected chi connectivity index (χ1v) is 7.12. The van der Waals surface area contributed by atoms with Crippen LogP contribution < -0.4 is 5.32 Å². The van der Waals surface area contributed by atoms with Gasteiger partial charge < -0.3 is 10.1 Å². The number of rotatable bonds is 8. The molecule has 0 saturated carbocycles. The monoisotopic (exact) mass is 269 g/mol. The van der Waals surface area contributed by atoms with Crippen molar-refractivity contribution in [3.05, 3.63) is 34.9 Å². The van der Waals surface area contributed by atoms with E-state index >= 15 is 0 Å². The number of hydrogen-bond donors (Lipinski definition) is 1. The largest absolute Gasteiger partial charge is 0.377 e. The SMILES string of the molecule is CCCC(OCC)C(Cc1ccc(Cl)cc1)NC. The van der Waals surface area contributed by atoms with Crippen molar-refractivity contribution < 1.29 is 4.74 Å². The third-order valence-corrected chi connectivity index (χ3v) is 3.39. The predicted octanol–water partition coefficient (Wildman–Crippen LogP) is 3.68. The minimum Gasteiger partial charge on any atom is -0.377 e. The molecule has 1 aromatic rings. The molecule has 18 heavy (non-hydrogen) atoms. The fourth-order valence-electron chi connectivity index (χ4n) is 2.19. The van der Waals surface area contributed by atoms with Crippen LogP contribution in [0.5, 0.6) is 0 Å². The molecular formula is C15H24ClNO. The van der Waals surface area contributed by atoms with E-state index in [0.717, 1.165) is 30.9 Å². The Morgan fingerprint density at radius 3 is 2.39 bits per heavy atom. The molecule has 1 N–H and O–H groups in total. The van der Waals surface area contributed by atoms with E-state index in [1.807, 2.05) is 19.2 Å². The molecule has 0 saturated heterocycles. The van der Waals surface area contributed by atoms with Crippen molar-refractivity contribution in [3.63, 3.8) is 0 Å². The van der Waals surface area contributed by atoms with Crippen LogP contribution in [0.3, 0.4) is 0 Å². The highest BCUT2D eigenvalue weighted by Crippen LogP contribution is 2.15. The fraction of sp³-hybridized carbons (Fsp3) is 0.600. The highest BCUT2D eigenvalue weighted by molar-refractivity contribution is 6.30. The topological polar surface area (TPSA) is 21.3 Å². The minimum absolute atomic E-state index is 0.278. The summed E-state index contributed by atoms with van der Waals surface area (Å²) in [6.45, 7) is 5.02. The quantitative estimate of drug-likeness (QED) is 0.777. The first-order chi connectivity index (χ1) is 8.71. The molecule has 2 nitrogen and oxygen atoms in total. The van der Waals surface area contributed by atoms with Gasteiger partial charge in [-0.05, 0) is 44.5 Å². The van der Waals surface area contributed by atoms with Gasteiger partial charge in [0, 0.05) is 17.7 Å². The second-order valence-corrected chi connectivity index (χ2v) is 4.94. The van der Waals surface area contributed by atoms with Crippen molar-refractivity contribution >= 4 is 11.6 Å². The Labute approximate surface area is 116 Å². The molecular weight excluding hydrogens is 246 g/mol. The van der Waals surface area contributed by atoms with Crippen LogP contribution in [0.2, 0.25) is 5.02 Å². The zero-order valence-electron chi connectivity index (χ0n) is 11.6. The second kappa shape index (κ2) is 8.52. The van der Waals surface area contributed by atoms with Gasteiger partial charge in [-0.25, -0.2) is 0 Å². The first kappa shape index (κ1) is 15.5. The van der Waals surface area contributed by atoms with Crippen molar-refractivity contribution in [2.75, 3.05) is 13.7 Å². The maximum atomic E-state index is 5.90. The van der Waals surface area contributed by atoms with Crippen molar-refractivity contribution in [2.24, 2.45) is 0 Å². The van der Waals surface area contributed by atoms with E-state index in [9.17, 15) is 0 Å². The molecule has 0 bridgehead atoms. The van der Waals surface area contributed by atoms with Crippen LogP contribution in [0.4, 0.5) is 0 Å². The summed E-state index contributed by atoms with van der Waals surface area (Å²) >= 11 is 5.90. The minimum atomic E-state index is 0.278. The van der Waals surface area contributed by atoms with Gasteiger partial charge in [0.15, 0.2) is 0 Å². The summed E-state index contributed by atoms with van der Waals surface area (Å²) in [5.74, 6) is 0. The summed E-state index contributed by atoms with van der Waals surface area (Å²) in [4.78, 5) is 0. The van der Waals surface area contributed by atoms with Gasteiger partial charge in [0.25, 0.3) is 0 Å². The molecule has 0 aliphatic rings. The lowest BCUT2D eigenvalue weighted by atomic mass is 9.98. The lowest BCUT2D eigenvalue weighted by Crippen LogP contribution is -2.41. The molecule has 2 atom stereocenters. The summed E-state index contributed by atoms with van der Waals surface area (Å²) in [6.07, 6.45) is 3.48. The molecule has 0 fully saturated rings. The fourth-order valence-corrected chi connectivity index (χ4v) is 2.32. The summed E-state index contributed by atoms with van der Waals surface area (Å²) in [5.41, 5.74) is 1.29. The van der Waals surface area contributed by atoms with Gasteiger partial charge >= 0.3 is 0 Å². The normalized spacial score (nSPS) is 14.4. The summed E-state index contributed by atoms with van der Waals surface area (Å²) in [6, 6.07) is 8.41. The Balaban J connectivity index is 2.66.